The molecule has 1 aromatic heterocycles. The first-order valence-corrected chi connectivity index (χ1v) is 6.36. The van der Waals surface area contributed by atoms with Gasteiger partial charge in [0, 0.05) is 6.61 Å². The lowest BCUT2D eigenvalue weighted by Gasteiger charge is -2.12. The van der Waals surface area contributed by atoms with Crippen LogP contribution in [0.2, 0.25) is 0 Å². The highest BCUT2D eigenvalue weighted by Gasteiger charge is 2.12. The van der Waals surface area contributed by atoms with Crippen LogP contribution in [0.5, 0.6) is 17.5 Å². The maximum Gasteiger partial charge on any atom is 0.249 e. The summed E-state index contributed by atoms with van der Waals surface area (Å²) in [6, 6.07) is 7.41. The molecular weight excluding hydrogens is 258 g/mol. The largest absolute Gasteiger partial charge is 0.476 e. The van der Waals surface area contributed by atoms with E-state index < -0.39 is 0 Å². The molecular formula is C14H17N3O3. The van der Waals surface area contributed by atoms with E-state index in [1.807, 2.05) is 25.1 Å². The third kappa shape index (κ3) is 3.16. The number of nitrogens with two attached hydrogens (primary N) is 1. The third-order valence-corrected chi connectivity index (χ3v) is 2.65. The Labute approximate surface area is 117 Å². The van der Waals surface area contributed by atoms with E-state index in [1.165, 1.54) is 6.33 Å². The van der Waals surface area contributed by atoms with Crippen LogP contribution in [0.3, 0.4) is 0 Å². The summed E-state index contributed by atoms with van der Waals surface area (Å²) in [4.78, 5) is 7.97. The van der Waals surface area contributed by atoms with Crippen LogP contribution in [-0.4, -0.2) is 28.3 Å². The summed E-state index contributed by atoms with van der Waals surface area (Å²) in [5, 5.41) is 9.05. The predicted octanol–water partition coefficient (Wildman–Crippen LogP) is 1.78. The van der Waals surface area contributed by atoms with Crippen molar-refractivity contribution in [1.82, 2.24) is 9.97 Å². The molecule has 6 heteroatoms. The van der Waals surface area contributed by atoms with Gasteiger partial charge in [-0.25, -0.2) is 0 Å². The van der Waals surface area contributed by atoms with Gasteiger partial charge in [0.1, 0.15) is 12.1 Å². The Morgan fingerprint density at radius 3 is 2.70 bits per heavy atom. The fourth-order valence-corrected chi connectivity index (χ4v) is 1.73. The molecule has 2 rings (SSSR count). The standard InChI is InChI=1S/C14H17N3O3/c1-2-19-13-12(15)14(17-9-16-13)20-11-6-4-3-5-10(11)7-8-18/h3-6,9,18H,2,7-8,15H2,1H3. The van der Waals surface area contributed by atoms with Crippen LogP contribution in [0.15, 0.2) is 30.6 Å². The van der Waals surface area contributed by atoms with Crippen molar-refractivity contribution in [1.29, 1.82) is 0 Å². The fraction of sp³-hybridized carbons (Fsp3) is 0.286. The van der Waals surface area contributed by atoms with Gasteiger partial charge in [0.25, 0.3) is 0 Å². The van der Waals surface area contributed by atoms with Crippen molar-refractivity contribution in [3.63, 3.8) is 0 Å². The molecule has 1 aromatic carbocycles. The van der Waals surface area contributed by atoms with Crippen molar-refractivity contribution < 1.29 is 14.6 Å². The zero-order valence-electron chi connectivity index (χ0n) is 11.2. The third-order valence-electron chi connectivity index (χ3n) is 2.65. The maximum absolute atomic E-state index is 9.05. The van der Waals surface area contributed by atoms with E-state index in [0.717, 1.165) is 5.56 Å². The first-order valence-electron chi connectivity index (χ1n) is 6.36. The number of benzene rings is 1. The molecule has 0 aliphatic carbocycles. The van der Waals surface area contributed by atoms with Gasteiger partial charge in [-0.15, -0.1) is 0 Å². The van der Waals surface area contributed by atoms with E-state index >= 15 is 0 Å². The molecule has 2 aromatic rings. The molecule has 106 valence electrons. The van der Waals surface area contributed by atoms with Crippen LogP contribution >= 0.6 is 0 Å². The molecule has 1 heterocycles. The summed E-state index contributed by atoms with van der Waals surface area (Å²) < 4.78 is 11.0. The number of para-hydroxylation sites is 1. The summed E-state index contributed by atoms with van der Waals surface area (Å²) in [5.74, 6) is 1.15. The molecule has 0 bridgehead atoms. The van der Waals surface area contributed by atoms with Gasteiger partial charge in [0.05, 0.1) is 6.61 Å². The highest BCUT2D eigenvalue weighted by atomic mass is 16.5. The SMILES string of the molecule is CCOc1ncnc(Oc2ccccc2CCO)c1N. The van der Waals surface area contributed by atoms with Crippen LogP contribution < -0.4 is 15.2 Å². The normalized spacial score (nSPS) is 10.3. The van der Waals surface area contributed by atoms with Crippen molar-refractivity contribution in [2.45, 2.75) is 13.3 Å². The first-order chi connectivity index (χ1) is 9.76. The van der Waals surface area contributed by atoms with Crippen molar-refractivity contribution >= 4 is 5.69 Å². The first kappa shape index (κ1) is 14.1. The minimum absolute atomic E-state index is 0.0455. The zero-order chi connectivity index (χ0) is 14.4. The Morgan fingerprint density at radius 1 is 1.20 bits per heavy atom. The van der Waals surface area contributed by atoms with E-state index in [9.17, 15) is 0 Å². The van der Waals surface area contributed by atoms with Gasteiger partial charge in [0.15, 0.2) is 5.69 Å². The molecule has 0 saturated heterocycles. The number of rotatable bonds is 6. The molecule has 0 spiro atoms. The van der Waals surface area contributed by atoms with Gasteiger partial charge >= 0.3 is 0 Å². The van der Waals surface area contributed by atoms with E-state index in [-0.39, 0.29) is 18.2 Å². The van der Waals surface area contributed by atoms with E-state index in [1.54, 1.807) is 6.07 Å². The highest BCUT2D eigenvalue weighted by molar-refractivity contribution is 5.57. The van der Waals surface area contributed by atoms with E-state index in [4.69, 9.17) is 20.3 Å². The summed E-state index contributed by atoms with van der Waals surface area (Å²) in [6.45, 7) is 2.35. The van der Waals surface area contributed by atoms with Crippen LogP contribution in [0.1, 0.15) is 12.5 Å². The van der Waals surface area contributed by atoms with E-state index in [2.05, 4.69) is 9.97 Å². The van der Waals surface area contributed by atoms with Crippen LogP contribution in [0.25, 0.3) is 0 Å². The number of nitrogen functional groups attached to an aromatic ring is 1. The molecule has 6 nitrogen and oxygen atoms in total. The van der Waals surface area contributed by atoms with Crippen molar-refractivity contribution in [2.24, 2.45) is 0 Å². The minimum atomic E-state index is 0.0455. The quantitative estimate of drug-likeness (QED) is 0.835. The lowest BCUT2D eigenvalue weighted by molar-refractivity contribution is 0.297. The second kappa shape index (κ2) is 6.72. The summed E-state index contributed by atoms with van der Waals surface area (Å²) >= 11 is 0. The number of anilines is 1. The molecule has 0 radical (unpaired) electrons. The number of aliphatic hydroxyl groups is 1. The smallest absolute Gasteiger partial charge is 0.249 e. The monoisotopic (exact) mass is 275 g/mol. The van der Waals surface area contributed by atoms with Gasteiger partial charge in [-0.2, -0.15) is 9.97 Å². The van der Waals surface area contributed by atoms with Crippen LogP contribution in [0.4, 0.5) is 5.69 Å². The Hall–Kier alpha value is -2.34. The topological polar surface area (TPSA) is 90.5 Å². The number of aromatic nitrogens is 2. The molecule has 20 heavy (non-hydrogen) atoms. The van der Waals surface area contributed by atoms with E-state index in [0.29, 0.717) is 24.7 Å². The molecule has 0 aliphatic rings. The second-order valence-electron chi connectivity index (χ2n) is 4.01. The average Bonchev–Trinajstić information content (AvgIpc) is 2.46. The number of hydrogen-bond acceptors (Lipinski definition) is 6. The Bertz CT molecular complexity index is 575. The maximum atomic E-state index is 9.05. The second-order valence-corrected chi connectivity index (χ2v) is 4.01. The highest BCUT2D eigenvalue weighted by Crippen LogP contribution is 2.32. The number of nitrogens with zero attached hydrogens (tertiary/aromatic N) is 2. The zero-order valence-corrected chi connectivity index (χ0v) is 11.2. The van der Waals surface area contributed by atoms with Gasteiger partial charge in [-0.3, -0.25) is 0 Å². The van der Waals surface area contributed by atoms with Gasteiger partial charge in [0.2, 0.25) is 11.8 Å². The lowest BCUT2D eigenvalue weighted by atomic mass is 10.1. The van der Waals surface area contributed by atoms with Gasteiger partial charge < -0.3 is 20.3 Å². The minimum Gasteiger partial charge on any atom is -0.476 e. The molecule has 0 saturated carbocycles. The average molecular weight is 275 g/mol. The molecule has 0 unspecified atom stereocenters. The van der Waals surface area contributed by atoms with Gasteiger partial charge in [-0.1, -0.05) is 18.2 Å². The van der Waals surface area contributed by atoms with Gasteiger partial charge in [-0.05, 0) is 25.0 Å². The van der Waals surface area contributed by atoms with Crippen LogP contribution in [0, 0.1) is 0 Å². The fourth-order valence-electron chi connectivity index (χ4n) is 1.73. The van der Waals surface area contributed by atoms with Crippen molar-refractivity contribution in [3.05, 3.63) is 36.2 Å². The van der Waals surface area contributed by atoms with Crippen molar-refractivity contribution in [3.8, 4) is 17.5 Å². The number of aliphatic hydroxyl groups excluding tert-OH is 1. The summed E-state index contributed by atoms with van der Waals surface area (Å²) in [7, 11) is 0. The lowest BCUT2D eigenvalue weighted by Crippen LogP contribution is -2.04. The molecule has 0 aliphatic heterocycles. The van der Waals surface area contributed by atoms with Crippen LogP contribution in [-0.2, 0) is 6.42 Å². The predicted molar refractivity (Wildman–Crippen MR) is 74.9 cm³/mol. The van der Waals surface area contributed by atoms with Crippen molar-refractivity contribution in [2.75, 3.05) is 18.9 Å². The molecule has 0 amide bonds. The molecule has 0 atom stereocenters. The Kier molecular flexibility index (Phi) is 4.73. The Balaban J connectivity index is 2.28. The Morgan fingerprint density at radius 2 is 1.95 bits per heavy atom. The summed E-state index contributed by atoms with van der Waals surface area (Å²) in [5.41, 5.74) is 7.05. The number of ether oxygens (including phenoxy) is 2. The molecule has 0 fully saturated rings. The summed E-state index contributed by atoms with van der Waals surface area (Å²) in [6.07, 6.45) is 1.84. The molecule has 3 N–H and O–H groups in total. The number of hydrogen-bond donors (Lipinski definition) is 2.